The fourth-order valence-electron chi connectivity index (χ4n) is 4.11. The van der Waals surface area contributed by atoms with Crippen molar-refractivity contribution in [3.8, 4) is 11.5 Å². The van der Waals surface area contributed by atoms with Crippen molar-refractivity contribution in [3.05, 3.63) is 95.6 Å². The van der Waals surface area contributed by atoms with E-state index in [1.165, 1.54) is 7.11 Å². The van der Waals surface area contributed by atoms with E-state index in [4.69, 9.17) is 14.2 Å². The Bertz CT molecular complexity index is 1310. The lowest BCUT2D eigenvalue weighted by molar-refractivity contribution is -0.149. The molecule has 2 atom stereocenters. The maximum Gasteiger partial charge on any atom is 0.329 e. The molecule has 2 aliphatic rings. The molecule has 0 saturated heterocycles. The Hall–Kier alpha value is -4.66. The molecular formula is C30H30N2O7. The number of benzene rings is 3. The summed E-state index contributed by atoms with van der Waals surface area (Å²) < 4.78 is 16.2. The van der Waals surface area contributed by atoms with E-state index in [9.17, 15) is 19.2 Å². The Morgan fingerprint density at radius 3 is 2.38 bits per heavy atom. The fourth-order valence-corrected chi connectivity index (χ4v) is 4.11. The van der Waals surface area contributed by atoms with Gasteiger partial charge in [0.25, 0.3) is 0 Å². The van der Waals surface area contributed by atoms with Crippen LogP contribution in [0.2, 0.25) is 0 Å². The van der Waals surface area contributed by atoms with Gasteiger partial charge in [-0.2, -0.15) is 0 Å². The molecule has 4 bridgehead atoms. The van der Waals surface area contributed by atoms with E-state index < -0.39 is 42.3 Å². The number of fused-ring (bicyclic) bond motifs is 10. The summed E-state index contributed by atoms with van der Waals surface area (Å²) >= 11 is 0. The standard InChI is InChI=1S/C30H30N2O7/c1-37-28(34)18-25-29(35)32-26(30(36)38-19-22-6-3-2-4-7-22)17-21-10-13-23(14-11-21)39-24-9-5-8-20(16-24)12-15-27(33)31-25/h2-11,13-14,16,25-26H,12,15,17-19H2,1H3,(H,31,33)(H,32,35)/t25-,26-/m0/s1. The minimum atomic E-state index is -1.23. The van der Waals surface area contributed by atoms with Gasteiger partial charge in [0, 0.05) is 12.8 Å². The van der Waals surface area contributed by atoms with Crippen LogP contribution in [0, 0.1) is 0 Å². The van der Waals surface area contributed by atoms with Gasteiger partial charge in [0.15, 0.2) is 0 Å². The van der Waals surface area contributed by atoms with Gasteiger partial charge in [0.1, 0.15) is 30.2 Å². The highest BCUT2D eigenvalue weighted by Gasteiger charge is 2.30. The minimum absolute atomic E-state index is 0.0274. The lowest BCUT2D eigenvalue weighted by Crippen LogP contribution is -2.53. The van der Waals surface area contributed by atoms with Crippen LogP contribution in [-0.2, 0) is 48.1 Å². The zero-order valence-corrected chi connectivity index (χ0v) is 21.6. The number of carbonyl (C=O) groups excluding carboxylic acids is 4. The van der Waals surface area contributed by atoms with E-state index in [1.807, 2.05) is 54.6 Å². The van der Waals surface area contributed by atoms with Gasteiger partial charge in [-0.05, 0) is 47.4 Å². The number of hydrogen-bond donors (Lipinski definition) is 2. The molecule has 2 amide bonds. The van der Waals surface area contributed by atoms with Gasteiger partial charge in [-0.1, -0.05) is 54.6 Å². The summed E-state index contributed by atoms with van der Waals surface area (Å²) in [5.74, 6) is -1.22. The lowest BCUT2D eigenvalue weighted by atomic mass is 10.0. The van der Waals surface area contributed by atoms with Crippen molar-refractivity contribution >= 4 is 23.8 Å². The number of carbonyl (C=O) groups is 4. The number of esters is 2. The normalized spacial score (nSPS) is 17.7. The van der Waals surface area contributed by atoms with Gasteiger partial charge in [0.2, 0.25) is 11.8 Å². The molecule has 2 heterocycles. The molecule has 2 aliphatic heterocycles. The molecule has 2 N–H and O–H groups in total. The second-order valence-corrected chi connectivity index (χ2v) is 9.15. The Kier molecular flexibility index (Phi) is 9.29. The average Bonchev–Trinajstić information content (AvgIpc) is 2.95. The first-order valence-electron chi connectivity index (χ1n) is 12.6. The maximum absolute atomic E-state index is 13.3. The Morgan fingerprint density at radius 1 is 0.872 bits per heavy atom. The Balaban J connectivity index is 1.61. The highest BCUT2D eigenvalue weighted by Crippen LogP contribution is 2.24. The molecule has 0 spiro atoms. The molecule has 9 nitrogen and oxygen atoms in total. The average molecular weight is 531 g/mol. The highest BCUT2D eigenvalue weighted by atomic mass is 16.5. The van der Waals surface area contributed by atoms with Gasteiger partial charge in [-0.25, -0.2) is 4.79 Å². The third kappa shape index (κ3) is 8.16. The highest BCUT2D eigenvalue weighted by molar-refractivity contribution is 5.93. The predicted molar refractivity (Wildman–Crippen MR) is 142 cm³/mol. The van der Waals surface area contributed by atoms with Crippen molar-refractivity contribution in [2.24, 2.45) is 0 Å². The third-order valence-electron chi connectivity index (χ3n) is 6.21. The van der Waals surface area contributed by atoms with Crippen molar-refractivity contribution in [1.29, 1.82) is 0 Å². The smallest absolute Gasteiger partial charge is 0.329 e. The van der Waals surface area contributed by atoms with E-state index in [0.717, 1.165) is 16.7 Å². The monoisotopic (exact) mass is 530 g/mol. The molecule has 0 fully saturated rings. The zero-order valence-electron chi connectivity index (χ0n) is 21.6. The van der Waals surface area contributed by atoms with Crippen LogP contribution in [0.4, 0.5) is 0 Å². The van der Waals surface area contributed by atoms with Crippen molar-refractivity contribution in [2.45, 2.75) is 44.4 Å². The van der Waals surface area contributed by atoms with E-state index in [1.54, 1.807) is 24.3 Å². The molecule has 39 heavy (non-hydrogen) atoms. The summed E-state index contributed by atoms with van der Waals surface area (Å²) in [6.07, 6.45) is 0.195. The van der Waals surface area contributed by atoms with Crippen LogP contribution in [0.1, 0.15) is 29.5 Å². The van der Waals surface area contributed by atoms with E-state index in [0.29, 0.717) is 17.9 Å². The van der Waals surface area contributed by atoms with Crippen molar-refractivity contribution in [2.75, 3.05) is 7.11 Å². The van der Waals surface area contributed by atoms with E-state index in [-0.39, 0.29) is 19.4 Å². The van der Waals surface area contributed by atoms with Crippen LogP contribution in [0.15, 0.2) is 78.9 Å². The van der Waals surface area contributed by atoms with Gasteiger partial charge >= 0.3 is 11.9 Å². The molecule has 9 heteroatoms. The molecule has 3 aromatic rings. The molecule has 0 unspecified atom stereocenters. The van der Waals surface area contributed by atoms with Crippen LogP contribution in [0.25, 0.3) is 0 Å². The van der Waals surface area contributed by atoms with E-state index >= 15 is 0 Å². The van der Waals surface area contributed by atoms with Crippen molar-refractivity contribution in [3.63, 3.8) is 0 Å². The van der Waals surface area contributed by atoms with Gasteiger partial charge in [-0.3, -0.25) is 14.4 Å². The predicted octanol–water partition coefficient (Wildman–Crippen LogP) is 3.24. The lowest BCUT2D eigenvalue weighted by Gasteiger charge is -2.22. The quantitative estimate of drug-likeness (QED) is 0.486. The minimum Gasteiger partial charge on any atom is -0.469 e. The second-order valence-electron chi connectivity index (χ2n) is 9.15. The zero-order chi connectivity index (χ0) is 27.6. The number of hydrogen-bond acceptors (Lipinski definition) is 7. The number of ether oxygens (including phenoxy) is 3. The Morgan fingerprint density at radius 2 is 1.64 bits per heavy atom. The van der Waals surface area contributed by atoms with Crippen LogP contribution < -0.4 is 15.4 Å². The summed E-state index contributed by atoms with van der Waals surface area (Å²) in [7, 11) is 1.20. The molecule has 0 aliphatic carbocycles. The second kappa shape index (κ2) is 13.2. The number of methoxy groups -OCH3 is 1. The van der Waals surface area contributed by atoms with Gasteiger partial charge < -0.3 is 24.8 Å². The molecule has 0 saturated carbocycles. The summed E-state index contributed by atoms with van der Waals surface area (Å²) in [4.78, 5) is 51.2. The van der Waals surface area contributed by atoms with Gasteiger partial charge in [-0.15, -0.1) is 0 Å². The SMILES string of the molecule is COC(=O)C[C@@H]1NC(=O)CCc2cccc(c2)Oc2ccc(cc2)C[C@@H](C(=O)OCc2ccccc2)NC1=O. The summed E-state index contributed by atoms with van der Waals surface area (Å²) in [5, 5.41) is 5.28. The first-order valence-corrected chi connectivity index (χ1v) is 12.6. The number of amides is 2. The van der Waals surface area contributed by atoms with Gasteiger partial charge in [0.05, 0.1) is 13.5 Å². The summed E-state index contributed by atoms with van der Waals surface area (Å²) in [6, 6.07) is 21.4. The molecule has 3 aromatic carbocycles. The van der Waals surface area contributed by atoms with Crippen molar-refractivity contribution < 1.29 is 33.4 Å². The van der Waals surface area contributed by atoms with Crippen LogP contribution in [0.5, 0.6) is 11.5 Å². The van der Waals surface area contributed by atoms with Crippen LogP contribution in [-0.4, -0.2) is 42.9 Å². The topological polar surface area (TPSA) is 120 Å². The van der Waals surface area contributed by atoms with E-state index in [2.05, 4.69) is 10.6 Å². The number of nitrogens with one attached hydrogen (secondary N) is 2. The summed E-state index contributed by atoms with van der Waals surface area (Å²) in [6.45, 7) is 0.0274. The molecular weight excluding hydrogens is 500 g/mol. The molecule has 0 aromatic heterocycles. The molecule has 202 valence electrons. The first kappa shape index (κ1) is 27.4. The number of rotatable bonds is 5. The fraction of sp³-hybridized carbons (Fsp3) is 0.267. The molecule has 5 rings (SSSR count). The van der Waals surface area contributed by atoms with Crippen LogP contribution in [0.3, 0.4) is 0 Å². The largest absolute Gasteiger partial charge is 0.469 e. The van der Waals surface area contributed by atoms with Crippen LogP contribution >= 0.6 is 0 Å². The molecule has 0 radical (unpaired) electrons. The first-order chi connectivity index (χ1) is 18.9. The third-order valence-corrected chi connectivity index (χ3v) is 6.21. The maximum atomic E-state index is 13.3. The van der Waals surface area contributed by atoms with Crippen molar-refractivity contribution in [1.82, 2.24) is 10.6 Å². The Labute approximate surface area is 226 Å². The summed E-state index contributed by atoms with van der Waals surface area (Å²) in [5.41, 5.74) is 2.41. The number of aryl methyl sites for hydroxylation is 1.